The van der Waals surface area contributed by atoms with Gasteiger partial charge in [0.1, 0.15) is 10.6 Å². The number of aryl methyl sites for hydroxylation is 1. The highest BCUT2D eigenvalue weighted by molar-refractivity contribution is 7.18. The molecule has 0 spiro atoms. The molecule has 9 heteroatoms. The van der Waals surface area contributed by atoms with E-state index in [2.05, 4.69) is 4.98 Å². The summed E-state index contributed by atoms with van der Waals surface area (Å²) in [5.41, 5.74) is 0.940. The molecule has 4 rings (SSSR count). The summed E-state index contributed by atoms with van der Waals surface area (Å²) >= 11 is 1.50. The van der Waals surface area contributed by atoms with Gasteiger partial charge in [0.25, 0.3) is 11.2 Å². The van der Waals surface area contributed by atoms with Crippen LogP contribution < -0.4 is 10.3 Å². The van der Waals surface area contributed by atoms with E-state index in [0.717, 1.165) is 11.3 Å². The zero-order valence-corrected chi connectivity index (χ0v) is 14.7. The molecule has 0 bridgehead atoms. The second-order valence-corrected chi connectivity index (χ2v) is 7.04. The normalized spacial score (nSPS) is 13.4. The van der Waals surface area contributed by atoms with Gasteiger partial charge < -0.3 is 9.47 Å². The number of hydrogen-bond donors (Lipinski definition) is 0. The van der Waals surface area contributed by atoms with Crippen molar-refractivity contribution in [1.29, 1.82) is 0 Å². The van der Waals surface area contributed by atoms with Crippen LogP contribution in [0.15, 0.2) is 29.3 Å². The first-order chi connectivity index (χ1) is 12.6. The van der Waals surface area contributed by atoms with Crippen LogP contribution in [0.4, 0.5) is 5.69 Å². The summed E-state index contributed by atoms with van der Waals surface area (Å²) in [5.74, 6) is 0.536. The molecule has 26 heavy (non-hydrogen) atoms. The van der Waals surface area contributed by atoms with Crippen molar-refractivity contribution in [1.82, 2.24) is 9.55 Å². The number of non-ortho nitro benzene ring substituents is 1. The molecule has 3 heterocycles. The zero-order chi connectivity index (χ0) is 18.3. The van der Waals surface area contributed by atoms with Gasteiger partial charge in [0.2, 0.25) is 0 Å². The van der Waals surface area contributed by atoms with Gasteiger partial charge in [-0.3, -0.25) is 19.5 Å². The van der Waals surface area contributed by atoms with Gasteiger partial charge in [-0.15, -0.1) is 11.3 Å². The highest BCUT2D eigenvalue weighted by Gasteiger charge is 2.21. The third kappa shape index (κ3) is 2.85. The number of hydrogen-bond acceptors (Lipinski definition) is 7. The minimum absolute atomic E-state index is 0.0567. The molecule has 0 radical (unpaired) electrons. The van der Waals surface area contributed by atoms with Crippen LogP contribution in [0.2, 0.25) is 0 Å². The minimum atomic E-state index is -0.463. The van der Waals surface area contributed by atoms with Crippen LogP contribution in [0.5, 0.6) is 5.75 Å². The summed E-state index contributed by atoms with van der Waals surface area (Å²) in [5, 5.41) is 11.8. The Morgan fingerprint density at radius 3 is 3.00 bits per heavy atom. The molecule has 0 fully saturated rings. The number of nitro groups is 1. The maximum atomic E-state index is 12.8. The summed E-state index contributed by atoms with van der Waals surface area (Å²) in [7, 11) is 0. The molecule has 0 amide bonds. The van der Waals surface area contributed by atoms with Crippen molar-refractivity contribution in [3.8, 4) is 5.75 Å². The highest BCUT2D eigenvalue weighted by atomic mass is 32.1. The van der Waals surface area contributed by atoms with E-state index in [0.29, 0.717) is 27.1 Å². The first kappa shape index (κ1) is 16.7. The molecule has 3 aromatic rings. The lowest BCUT2D eigenvalue weighted by molar-refractivity contribution is -0.385. The largest absolute Gasteiger partial charge is 0.467 e. The Bertz CT molecular complexity index is 1070. The van der Waals surface area contributed by atoms with Crippen LogP contribution in [-0.4, -0.2) is 21.3 Å². The number of nitrogens with zero attached hydrogens (tertiary/aromatic N) is 3. The van der Waals surface area contributed by atoms with E-state index in [4.69, 9.17) is 9.47 Å². The minimum Gasteiger partial charge on any atom is -0.467 e. The van der Waals surface area contributed by atoms with Gasteiger partial charge >= 0.3 is 0 Å². The third-order valence-electron chi connectivity index (χ3n) is 4.24. The average Bonchev–Trinajstić information content (AvgIpc) is 3.08. The van der Waals surface area contributed by atoms with E-state index >= 15 is 0 Å². The van der Waals surface area contributed by atoms with Gasteiger partial charge in [0.15, 0.2) is 6.79 Å². The average molecular weight is 373 g/mol. The van der Waals surface area contributed by atoms with Crippen molar-refractivity contribution in [3.05, 3.63) is 61.0 Å². The van der Waals surface area contributed by atoms with Crippen LogP contribution >= 0.6 is 11.3 Å². The van der Waals surface area contributed by atoms with Gasteiger partial charge in [-0.25, -0.2) is 4.98 Å². The molecule has 0 N–H and O–H groups in total. The molecule has 1 aliphatic rings. The summed E-state index contributed by atoms with van der Waals surface area (Å²) in [4.78, 5) is 29.7. The lowest BCUT2D eigenvalue weighted by Crippen LogP contribution is -2.22. The van der Waals surface area contributed by atoms with E-state index in [9.17, 15) is 14.9 Å². The van der Waals surface area contributed by atoms with E-state index in [1.54, 1.807) is 0 Å². The standard InChI is InChI=1S/C17H15N3O5S/c1-2-13-5-14-16(26-13)18-8-19(17(14)21)6-10-3-12(20(22)23)4-11-7-24-9-25-15(10)11/h3-5,8H,2,6-7,9H2,1H3. The zero-order valence-electron chi connectivity index (χ0n) is 13.9. The molecule has 134 valence electrons. The summed E-state index contributed by atoms with van der Waals surface area (Å²) in [6.07, 6.45) is 2.32. The van der Waals surface area contributed by atoms with Gasteiger partial charge in [-0.2, -0.15) is 0 Å². The number of fused-ring (bicyclic) bond motifs is 2. The Hall–Kier alpha value is -2.78. The van der Waals surface area contributed by atoms with E-state index in [-0.39, 0.29) is 31.2 Å². The molecule has 0 unspecified atom stereocenters. The monoisotopic (exact) mass is 373 g/mol. The van der Waals surface area contributed by atoms with Gasteiger partial charge in [-0.05, 0) is 12.5 Å². The molecule has 0 aliphatic carbocycles. The van der Waals surface area contributed by atoms with Crippen LogP contribution in [0.3, 0.4) is 0 Å². The lowest BCUT2D eigenvalue weighted by atomic mass is 10.1. The second kappa shape index (κ2) is 6.50. The predicted octanol–water partition coefficient (Wildman–Crippen LogP) is 2.84. The van der Waals surface area contributed by atoms with Crippen LogP contribution in [0.1, 0.15) is 22.9 Å². The van der Waals surface area contributed by atoms with Crippen LogP contribution in [0.25, 0.3) is 10.2 Å². The van der Waals surface area contributed by atoms with Gasteiger partial charge in [0.05, 0.1) is 29.8 Å². The number of aromatic nitrogens is 2. The number of nitro benzene ring substituents is 1. The first-order valence-corrected chi connectivity index (χ1v) is 8.87. The Morgan fingerprint density at radius 2 is 2.23 bits per heavy atom. The number of ether oxygens (including phenoxy) is 2. The number of thiophene rings is 1. The Balaban J connectivity index is 1.81. The number of rotatable bonds is 4. The summed E-state index contributed by atoms with van der Waals surface area (Å²) < 4.78 is 12.2. The van der Waals surface area contributed by atoms with Crippen LogP contribution in [-0.2, 0) is 24.3 Å². The maximum Gasteiger partial charge on any atom is 0.270 e. The van der Waals surface area contributed by atoms with Crippen molar-refractivity contribution in [3.63, 3.8) is 0 Å². The fraction of sp³-hybridized carbons (Fsp3) is 0.294. The van der Waals surface area contributed by atoms with Gasteiger partial charge in [0, 0.05) is 28.1 Å². The third-order valence-corrected chi connectivity index (χ3v) is 5.43. The van der Waals surface area contributed by atoms with Crippen LogP contribution in [0, 0.1) is 10.1 Å². The molecular weight excluding hydrogens is 358 g/mol. The predicted molar refractivity (Wildman–Crippen MR) is 95.7 cm³/mol. The summed E-state index contributed by atoms with van der Waals surface area (Å²) in [6, 6.07) is 4.74. The number of benzene rings is 1. The van der Waals surface area contributed by atoms with E-state index < -0.39 is 4.92 Å². The van der Waals surface area contributed by atoms with Crippen molar-refractivity contribution in [2.75, 3.05) is 6.79 Å². The molecule has 8 nitrogen and oxygen atoms in total. The molecule has 1 aliphatic heterocycles. The molecular formula is C17H15N3O5S. The van der Waals surface area contributed by atoms with Crippen molar-refractivity contribution < 1.29 is 14.4 Å². The van der Waals surface area contributed by atoms with E-state index in [1.165, 1.54) is 34.4 Å². The molecule has 0 atom stereocenters. The molecule has 2 aromatic heterocycles. The van der Waals surface area contributed by atoms with Gasteiger partial charge in [-0.1, -0.05) is 6.92 Å². The fourth-order valence-electron chi connectivity index (χ4n) is 2.98. The fourth-order valence-corrected chi connectivity index (χ4v) is 3.91. The second-order valence-electron chi connectivity index (χ2n) is 5.92. The molecule has 0 saturated carbocycles. The Morgan fingerprint density at radius 1 is 1.38 bits per heavy atom. The summed E-state index contributed by atoms with van der Waals surface area (Å²) in [6.45, 7) is 2.48. The Labute approximate surface area is 151 Å². The lowest BCUT2D eigenvalue weighted by Gasteiger charge is -2.20. The quantitative estimate of drug-likeness (QED) is 0.515. The first-order valence-electron chi connectivity index (χ1n) is 8.05. The topological polar surface area (TPSA) is 96.5 Å². The van der Waals surface area contributed by atoms with Crippen molar-refractivity contribution in [2.24, 2.45) is 0 Å². The smallest absolute Gasteiger partial charge is 0.270 e. The SMILES string of the molecule is CCc1cc2c(=O)n(Cc3cc([N+](=O)[O-])cc4c3OCOC4)cnc2s1. The van der Waals surface area contributed by atoms with Crippen molar-refractivity contribution in [2.45, 2.75) is 26.5 Å². The Kier molecular flexibility index (Phi) is 4.17. The molecule has 0 saturated heterocycles. The van der Waals surface area contributed by atoms with Crippen molar-refractivity contribution >= 4 is 27.2 Å². The van der Waals surface area contributed by atoms with E-state index in [1.807, 2.05) is 13.0 Å². The highest BCUT2D eigenvalue weighted by Crippen LogP contribution is 2.33. The maximum absolute atomic E-state index is 12.8. The molecule has 1 aromatic carbocycles.